The Morgan fingerprint density at radius 1 is 1.29 bits per heavy atom. The molecule has 2 aromatic carbocycles. The van der Waals surface area contributed by atoms with Crippen LogP contribution in [0.3, 0.4) is 0 Å². The predicted molar refractivity (Wildman–Crippen MR) is 108 cm³/mol. The molecule has 8 nitrogen and oxygen atoms in total. The van der Waals surface area contributed by atoms with Gasteiger partial charge in [-0.25, -0.2) is 17.9 Å². The molecule has 0 saturated carbocycles. The maximum Gasteiger partial charge on any atom is 0.279 e. The molecule has 4 N–H and O–H groups in total. The number of benzene rings is 2. The number of primary sulfonamides is 1. The standard InChI is InChI=1S/C17H16FN5O3S2/c1-2-23-14-8-10(18)6-7-13(14)15(16(23)24)21-22-17(27)20-11-4-3-5-12(9-11)28(19,25)26/h3-9H,2H2,1H3,(H2,19,25,26)(H2,20,22,27). The zero-order chi connectivity index (χ0) is 20.5. The van der Waals surface area contributed by atoms with E-state index >= 15 is 0 Å². The summed E-state index contributed by atoms with van der Waals surface area (Å²) < 4.78 is 36.4. The molecule has 1 heterocycles. The van der Waals surface area contributed by atoms with Gasteiger partial charge in [-0.3, -0.25) is 10.2 Å². The largest absolute Gasteiger partial charge is 0.331 e. The van der Waals surface area contributed by atoms with Gasteiger partial charge in [0.15, 0.2) is 10.8 Å². The monoisotopic (exact) mass is 421 g/mol. The first-order chi connectivity index (χ1) is 13.2. The number of likely N-dealkylation sites (N-methyl/N-ethyl adjacent to an activating group) is 1. The first-order valence-corrected chi connectivity index (χ1v) is 10.1. The van der Waals surface area contributed by atoms with Crippen LogP contribution in [0.15, 0.2) is 52.5 Å². The highest BCUT2D eigenvalue weighted by atomic mass is 32.2. The van der Waals surface area contributed by atoms with Crippen LogP contribution in [0.2, 0.25) is 0 Å². The molecule has 0 aliphatic carbocycles. The smallest absolute Gasteiger partial charge is 0.279 e. The fourth-order valence-electron chi connectivity index (χ4n) is 2.72. The van der Waals surface area contributed by atoms with Crippen molar-refractivity contribution in [1.82, 2.24) is 5.43 Å². The van der Waals surface area contributed by atoms with Crippen molar-refractivity contribution in [2.45, 2.75) is 11.8 Å². The summed E-state index contributed by atoms with van der Waals surface area (Å²) in [6, 6.07) is 9.75. The Kier molecular flexibility index (Phi) is 5.40. The van der Waals surface area contributed by atoms with Crippen molar-refractivity contribution in [2.24, 2.45) is 10.2 Å². The van der Waals surface area contributed by atoms with E-state index in [-0.39, 0.29) is 21.6 Å². The van der Waals surface area contributed by atoms with Crippen molar-refractivity contribution in [1.29, 1.82) is 0 Å². The lowest BCUT2D eigenvalue weighted by Gasteiger charge is -2.13. The van der Waals surface area contributed by atoms with Crippen molar-refractivity contribution in [3.05, 3.63) is 53.8 Å². The first-order valence-electron chi connectivity index (χ1n) is 8.10. The Labute approximate surface area is 166 Å². The minimum atomic E-state index is -3.85. The van der Waals surface area contributed by atoms with Gasteiger partial charge in [0.25, 0.3) is 5.91 Å². The molecular weight excluding hydrogens is 405 g/mol. The van der Waals surface area contributed by atoms with Gasteiger partial charge in [-0.15, -0.1) is 0 Å². The number of carbonyl (C=O) groups excluding carboxylic acids is 1. The molecule has 0 saturated heterocycles. The first kappa shape index (κ1) is 19.9. The lowest BCUT2D eigenvalue weighted by molar-refractivity contribution is -0.112. The van der Waals surface area contributed by atoms with Gasteiger partial charge < -0.3 is 10.2 Å². The van der Waals surface area contributed by atoms with E-state index < -0.39 is 15.8 Å². The molecule has 0 atom stereocenters. The van der Waals surface area contributed by atoms with E-state index in [2.05, 4.69) is 15.8 Å². The number of anilines is 2. The summed E-state index contributed by atoms with van der Waals surface area (Å²) in [6.07, 6.45) is 0. The normalized spacial score (nSPS) is 14.9. The maximum atomic E-state index is 13.5. The highest BCUT2D eigenvalue weighted by molar-refractivity contribution is 7.89. The van der Waals surface area contributed by atoms with Crippen molar-refractivity contribution in [2.75, 3.05) is 16.8 Å². The number of halogens is 1. The number of rotatable bonds is 4. The Bertz CT molecular complexity index is 1100. The van der Waals surface area contributed by atoms with E-state index in [9.17, 15) is 17.6 Å². The Balaban J connectivity index is 1.79. The van der Waals surface area contributed by atoms with E-state index in [1.165, 1.54) is 41.3 Å². The Hall–Kier alpha value is -2.89. The van der Waals surface area contributed by atoms with Crippen LogP contribution in [-0.4, -0.2) is 31.7 Å². The van der Waals surface area contributed by atoms with Crippen LogP contribution < -0.4 is 20.8 Å². The third kappa shape index (κ3) is 4.01. The van der Waals surface area contributed by atoms with Crippen LogP contribution >= 0.6 is 12.2 Å². The van der Waals surface area contributed by atoms with Gasteiger partial charge in [-0.2, -0.15) is 5.10 Å². The molecule has 2 aromatic rings. The lowest BCUT2D eigenvalue weighted by Crippen LogP contribution is -2.32. The van der Waals surface area contributed by atoms with Crippen molar-refractivity contribution in [3.63, 3.8) is 0 Å². The number of sulfonamides is 1. The topological polar surface area (TPSA) is 117 Å². The molecule has 146 valence electrons. The number of nitrogens with two attached hydrogens (primary N) is 1. The molecule has 1 aliphatic rings. The zero-order valence-electron chi connectivity index (χ0n) is 14.6. The van der Waals surface area contributed by atoms with E-state index in [0.29, 0.717) is 23.5 Å². The van der Waals surface area contributed by atoms with Crippen molar-refractivity contribution >= 4 is 50.3 Å². The minimum absolute atomic E-state index is 0.0329. The summed E-state index contributed by atoms with van der Waals surface area (Å²) in [4.78, 5) is 13.9. The van der Waals surface area contributed by atoms with Crippen LogP contribution in [0.4, 0.5) is 15.8 Å². The van der Waals surface area contributed by atoms with Crippen LogP contribution in [0.5, 0.6) is 0 Å². The number of hydrogen-bond donors (Lipinski definition) is 3. The van der Waals surface area contributed by atoms with E-state index in [1.807, 2.05) is 0 Å². The molecule has 11 heteroatoms. The maximum absolute atomic E-state index is 13.5. The number of amides is 1. The summed E-state index contributed by atoms with van der Waals surface area (Å²) >= 11 is 5.13. The summed E-state index contributed by atoms with van der Waals surface area (Å²) in [6.45, 7) is 2.13. The number of hydrogen-bond acceptors (Lipinski definition) is 5. The van der Waals surface area contributed by atoms with Crippen LogP contribution in [-0.2, 0) is 14.8 Å². The molecule has 0 spiro atoms. The van der Waals surface area contributed by atoms with Gasteiger partial charge >= 0.3 is 0 Å². The number of thiocarbonyl (C=S) groups is 1. The van der Waals surface area contributed by atoms with E-state index in [0.717, 1.165) is 0 Å². The van der Waals surface area contributed by atoms with Crippen molar-refractivity contribution in [3.8, 4) is 0 Å². The van der Waals surface area contributed by atoms with E-state index in [1.54, 1.807) is 13.0 Å². The summed E-state index contributed by atoms with van der Waals surface area (Å²) in [7, 11) is -3.85. The van der Waals surface area contributed by atoms with Gasteiger partial charge in [-0.05, 0) is 55.5 Å². The third-order valence-electron chi connectivity index (χ3n) is 3.96. The second-order valence-electron chi connectivity index (χ2n) is 5.81. The van der Waals surface area contributed by atoms with Crippen LogP contribution in [0, 0.1) is 5.82 Å². The second kappa shape index (κ2) is 7.62. The molecule has 0 unspecified atom stereocenters. The zero-order valence-corrected chi connectivity index (χ0v) is 16.3. The highest BCUT2D eigenvalue weighted by Gasteiger charge is 2.33. The molecule has 1 amide bonds. The molecule has 3 rings (SSSR count). The van der Waals surface area contributed by atoms with Gasteiger partial charge in [0.05, 0.1) is 10.6 Å². The average molecular weight is 421 g/mol. The third-order valence-corrected chi connectivity index (χ3v) is 5.06. The molecule has 0 fully saturated rings. The molecule has 0 bridgehead atoms. The molecule has 28 heavy (non-hydrogen) atoms. The lowest BCUT2D eigenvalue weighted by atomic mass is 10.1. The minimum Gasteiger partial charge on any atom is -0.331 e. The average Bonchev–Trinajstić information content (AvgIpc) is 2.89. The number of nitrogens with zero attached hydrogens (tertiary/aromatic N) is 2. The molecule has 0 aromatic heterocycles. The summed E-state index contributed by atoms with van der Waals surface area (Å²) in [5, 5.41) is 11.9. The Morgan fingerprint density at radius 2 is 2.04 bits per heavy atom. The number of carbonyl (C=O) groups is 1. The molecular formula is C17H16FN5O3S2. The highest BCUT2D eigenvalue weighted by Crippen LogP contribution is 2.29. The molecule has 0 radical (unpaired) electrons. The Morgan fingerprint density at radius 3 is 2.71 bits per heavy atom. The van der Waals surface area contributed by atoms with Crippen LogP contribution in [0.25, 0.3) is 0 Å². The van der Waals surface area contributed by atoms with Crippen LogP contribution in [0.1, 0.15) is 12.5 Å². The second-order valence-corrected chi connectivity index (χ2v) is 7.78. The summed E-state index contributed by atoms with van der Waals surface area (Å²) in [5.74, 6) is -0.833. The van der Waals surface area contributed by atoms with Crippen molar-refractivity contribution < 1.29 is 17.6 Å². The van der Waals surface area contributed by atoms with Gasteiger partial charge in [0, 0.05) is 17.8 Å². The fraction of sp³-hybridized carbons (Fsp3) is 0.118. The van der Waals surface area contributed by atoms with Gasteiger partial charge in [0.1, 0.15) is 5.82 Å². The van der Waals surface area contributed by atoms with Gasteiger partial charge in [0.2, 0.25) is 10.0 Å². The van der Waals surface area contributed by atoms with Gasteiger partial charge in [-0.1, -0.05) is 6.07 Å². The SMILES string of the molecule is CCN1C(=O)C(=NNC(=S)Nc2cccc(S(N)(=O)=O)c2)c2ccc(F)cc21. The number of nitrogens with one attached hydrogen (secondary N) is 2. The number of hydrazone groups is 1. The number of fused-ring (bicyclic) bond motifs is 1. The summed E-state index contributed by atoms with van der Waals surface area (Å²) in [5.41, 5.74) is 3.94. The fourth-order valence-corrected chi connectivity index (χ4v) is 3.44. The van der Waals surface area contributed by atoms with E-state index in [4.69, 9.17) is 17.4 Å². The molecule has 1 aliphatic heterocycles. The quantitative estimate of drug-likeness (QED) is 0.509. The predicted octanol–water partition coefficient (Wildman–Crippen LogP) is 1.53.